The van der Waals surface area contributed by atoms with Gasteiger partial charge in [-0.25, -0.2) is 0 Å². The van der Waals surface area contributed by atoms with Gasteiger partial charge in [0, 0.05) is 17.7 Å². The van der Waals surface area contributed by atoms with Gasteiger partial charge in [-0.15, -0.1) is 0 Å². The SMILES string of the molecule is COc1ccc(/C(N)=N/O)cc1CNCc1ncon1. The zero-order chi connectivity index (χ0) is 14.4. The number of methoxy groups -OCH3 is 1. The first-order valence-electron chi connectivity index (χ1n) is 5.85. The molecule has 0 bridgehead atoms. The minimum Gasteiger partial charge on any atom is -0.496 e. The van der Waals surface area contributed by atoms with Crippen molar-refractivity contribution < 1.29 is 14.5 Å². The summed E-state index contributed by atoms with van der Waals surface area (Å²) in [5.41, 5.74) is 7.06. The predicted octanol–water partition coefficient (Wildman–Crippen LogP) is 0.462. The Bertz CT molecular complexity index is 583. The summed E-state index contributed by atoms with van der Waals surface area (Å²) in [6.07, 6.45) is 1.27. The van der Waals surface area contributed by atoms with E-state index in [4.69, 9.17) is 15.7 Å². The summed E-state index contributed by atoms with van der Waals surface area (Å²) in [7, 11) is 1.58. The van der Waals surface area contributed by atoms with Gasteiger partial charge in [0.25, 0.3) is 0 Å². The highest BCUT2D eigenvalue weighted by atomic mass is 16.5. The van der Waals surface area contributed by atoms with Crippen molar-refractivity contribution in [3.05, 3.63) is 41.5 Å². The lowest BCUT2D eigenvalue weighted by Gasteiger charge is -2.10. The highest BCUT2D eigenvalue weighted by molar-refractivity contribution is 5.97. The lowest BCUT2D eigenvalue weighted by Crippen LogP contribution is -2.17. The van der Waals surface area contributed by atoms with Crippen molar-refractivity contribution in [2.45, 2.75) is 13.1 Å². The molecule has 1 aromatic carbocycles. The number of hydrogen-bond acceptors (Lipinski definition) is 7. The Kier molecular flexibility index (Phi) is 4.51. The van der Waals surface area contributed by atoms with Gasteiger partial charge in [0.1, 0.15) is 5.75 Å². The molecule has 4 N–H and O–H groups in total. The monoisotopic (exact) mass is 277 g/mol. The van der Waals surface area contributed by atoms with E-state index >= 15 is 0 Å². The Balaban J connectivity index is 2.08. The number of nitrogens with zero attached hydrogens (tertiary/aromatic N) is 3. The van der Waals surface area contributed by atoms with Crippen LogP contribution in [0.25, 0.3) is 0 Å². The molecular formula is C12H15N5O3. The molecule has 0 radical (unpaired) electrons. The van der Waals surface area contributed by atoms with Gasteiger partial charge in [-0.2, -0.15) is 4.98 Å². The van der Waals surface area contributed by atoms with E-state index in [2.05, 4.69) is 25.1 Å². The largest absolute Gasteiger partial charge is 0.496 e. The Morgan fingerprint density at radius 2 is 2.35 bits per heavy atom. The molecule has 20 heavy (non-hydrogen) atoms. The van der Waals surface area contributed by atoms with Gasteiger partial charge >= 0.3 is 0 Å². The summed E-state index contributed by atoms with van der Waals surface area (Å²) >= 11 is 0. The lowest BCUT2D eigenvalue weighted by atomic mass is 10.1. The number of hydrogen-bond donors (Lipinski definition) is 3. The van der Waals surface area contributed by atoms with E-state index in [0.29, 0.717) is 30.2 Å². The van der Waals surface area contributed by atoms with Crippen LogP contribution >= 0.6 is 0 Å². The third-order valence-electron chi connectivity index (χ3n) is 2.69. The van der Waals surface area contributed by atoms with Crippen LogP contribution in [0, 0.1) is 0 Å². The summed E-state index contributed by atoms with van der Waals surface area (Å²) < 4.78 is 9.91. The summed E-state index contributed by atoms with van der Waals surface area (Å²) in [6.45, 7) is 0.984. The lowest BCUT2D eigenvalue weighted by molar-refractivity contribution is 0.318. The maximum absolute atomic E-state index is 8.70. The highest BCUT2D eigenvalue weighted by Crippen LogP contribution is 2.19. The van der Waals surface area contributed by atoms with Crippen molar-refractivity contribution in [1.29, 1.82) is 0 Å². The Labute approximate surface area is 115 Å². The Hall–Kier alpha value is -2.61. The van der Waals surface area contributed by atoms with E-state index in [0.717, 1.165) is 5.56 Å². The first-order valence-corrected chi connectivity index (χ1v) is 5.85. The fraction of sp³-hybridized carbons (Fsp3) is 0.250. The van der Waals surface area contributed by atoms with Crippen LogP contribution in [-0.2, 0) is 13.1 Å². The quantitative estimate of drug-likeness (QED) is 0.304. The molecule has 0 fully saturated rings. The van der Waals surface area contributed by atoms with Crippen molar-refractivity contribution in [3.8, 4) is 5.75 Å². The van der Waals surface area contributed by atoms with Crippen molar-refractivity contribution in [2.75, 3.05) is 7.11 Å². The summed E-state index contributed by atoms with van der Waals surface area (Å²) in [4.78, 5) is 3.91. The van der Waals surface area contributed by atoms with Gasteiger partial charge in [0.2, 0.25) is 6.39 Å². The third-order valence-corrected chi connectivity index (χ3v) is 2.69. The van der Waals surface area contributed by atoms with E-state index in [1.54, 1.807) is 25.3 Å². The summed E-state index contributed by atoms with van der Waals surface area (Å²) in [5.74, 6) is 1.32. The van der Waals surface area contributed by atoms with Crippen molar-refractivity contribution in [1.82, 2.24) is 15.5 Å². The van der Waals surface area contributed by atoms with Gasteiger partial charge in [0.05, 0.1) is 13.7 Å². The molecule has 8 nitrogen and oxygen atoms in total. The van der Waals surface area contributed by atoms with E-state index < -0.39 is 0 Å². The molecule has 0 aliphatic heterocycles. The van der Waals surface area contributed by atoms with Gasteiger partial charge < -0.3 is 25.5 Å². The van der Waals surface area contributed by atoms with Gasteiger partial charge in [0.15, 0.2) is 11.7 Å². The number of ether oxygens (including phenoxy) is 1. The molecule has 2 aromatic rings. The number of benzene rings is 1. The fourth-order valence-electron chi connectivity index (χ4n) is 1.71. The molecule has 2 rings (SSSR count). The predicted molar refractivity (Wildman–Crippen MR) is 70.3 cm³/mol. The molecule has 8 heteroatoms. The average molecular weight is 277 g/mol. The second-order valence-electron chi connectivity index (χ2n) is 3.96. The topological polar surface area (TPSA) is 119 Å². The van der Waals surface area contributed by atoms with Gasteiger partial charge in [-0.05, 0) is 18.2 Å². The zero-order valence-corrected chi connectivity index (χ0v) is 10.9. The standard InChI is InChI=1S/C12H15N5O3/c1-19-10-3-2-8(12(13)16-18)4-9(10)5-14-6-11-15-7-20-17-11/h2-4,7,14,18H,5-6H2,1H3,(H2,13,16). The van der Waals surface area contributed by atoms with Crippen LogP contribution in [0.1, 0.15) is 17.0 Å². The summed E-state index contributed by atoms with van der Waals surface area (Å²) in [5, 5.41) is 18.5. The first kappa shape index (κ1) is 13.8. The maximum Gasteiger partial charge on any atom is 0.213 e. The zero-order valence-electron chi connectivity index (χ0n) is 10.9. The molecule has 106 valence electrons. The molecule has 1 aromatic heterocycles. The normalized spacial score (nSPS) is 11.6. The second kappa shape index (κ2) is 6.53. The summed E-state index contributed by atoms with van der Waals surface area (Å²) in [6, 6.07) is 5.27. The first-order chi connectivity index (χ1) is 9.74. The molecular weight excluding hydrogens is 262 g/mol. The maximum atomic E-state index is 8.70. The van der Waals surface area contributed by atoms with Gasteiger partial charge in [-0.1, -0.05) is 10.3 Å². The Morgan fingerprint density at radius 1 is 1.50 bits per heavy atom. The molecule has 0 unspecified atom stereocenters. The Morgan fingerprint density at radius 3 is 3.00 bits per heavy atom. The minimum absolute atomic E-state index is 0.0482. The number of nitrogens with one attached hydrogen (secondary N) is 1. The third kappa shape index (κ3) is 3.23. The van der Waals surface area contributed by atoms with Crippen molar-refractivity contribution in [3.63, 3.8) is 0 Å². The van der Waals surface area contributed by atoms with Crippen LogP contribution in [0.2, 0.25) is 0 Å². The number of amidine groups is 1. The van der Waals surface area contributed by atoms with E-state index in [1.807, 2.05) is 0 Å². The number of rotatable bonds is 6. The smallest absolute Gasteiger partial charge is 0.213 e. The van der Waals surface area contributed by atoms with Crippen LogP contribution in [0.3, 0.4) is 0 Å². The van der Waals surface area contributed by atoms with Crippen molar-refractivity contribution >= 4 is 5.84 Å². The number of oxime groups is 1. The number of aromatic nitrogens is 2. The van der Waals surface area contributed by atoms with E-state index in [1.165, 1.54) is 6.39 Å². The van der Waals surface area contributed by atoms with E-state index in [-0.39, 0.29) is 5.84 Å². The molecule has 0 spiro atoms. The molecule has 0 amide bonds. The molecule has 0 saturated carbocycles. The average Bonchev–Trinajstić information content (AvgIpc) is 2.99. The van der Waals surface area contributed by atoms with Crippen LogP contribution < -0.4 is 15.8 Å². The second-order valence-corrected chi connectivity index (χ2v) is 3.96. The molecule has 1 heterocycles. The highest BCUT2D eigenvalue weighted by Gasteiger charge is 2.07. The van der Waals surface area contributed by atoms with Crippen molar-refractivity contribution in [2.24, 2.45) is 10.9 Å². The molecule has 0 aliphatic carbocycles. The molecule has 0 atom stereocenters. The van der Waals surface area contributed by atoms with Crippen LogP contribution in [0.5, 0.6) is 5.75 Å². The van der Waals surface area contributed by atoms with E-state index in [9.17, 15) is 0 Å². The molecule has 0 saturated heterocycles. The minimum atomic E-state index is 0.0482. The van der Waals surface area contributed by atoms with Gasteiger partial charge in [-0.3, -0.25) is 0 Å². The molecule has 0 aliphatic rings. The number of nitrogens with two attached hydrogens (primary N) is 1. The fourth-order valence-corrected chi connectivity index (χ4v) is 1.71. The van der Waals surface area contributed by atoms with Crippen LogP contribution in [-0.4, -0.2) is 28.3 Å². The van der Waals surface area contributed by atoms with Crippen LogP contribution in [0.15, 0.2) is 34.3 Å². The van der Waals surface area contributed by atoms with Crippen LogP contribution in [0.4, 0.5) is 0 Å².